The number of aliphatic carboxylic acids is 1. The molecule has 2 unspecified atom stereocenters. The molecule has 1 aromatic carbocycles. The van der Waals surface area contributed by atoms with Gasteiger partial charge in [0.1, 0.15) is 6.04 Å². The number of carbonyl (C=O) groups is 1. The molecule has 19 heavy (non-hydrogen) atoms. The van der Waals surface area contributed by atoms with Crippen molar-refractivity contribution in [2.45, 2.75) is 25.0 Å². The summed E-state index contributed by atoms with van der Waals surface area (Å²) in [5.74, 6) is -0.841. The maximum Gasteiger partial charge on any atom is 0.320 e. The first-order valence-electron chi connectivity index (χ1n) is 6.09. The van der Waals surface area contributed by atoms with E-state index < -0.39 is 18.1 Å². The van der Waals surface area contributed by atoms with Crippen LogP contribution in [0.3, 0.4) is 0 Å². The highest BCUT2D eigenvalue weighted by atomic mass is 35.5. The number of carboxylic acid groups (broad SMARTS) is 1. The van der Waals surface area contributed by atoms with Crippen molar-refractivity contribution in [3.8, 4) is 0 Å². The van der Waals surface area contributed by atoms with Crippen LogP contribution in [0.15, 0.2) is 18.2 Å². The molecule has 1 saturated heterocycles. The van der Waals surface area contributed by atoms with E-state index in [2.05, 4.69) is 0 Å². The van der Waals surface area contributed by atoms with Gasteiger partial charge in [0.2, 0.25) is 0 Å². The van der Waals surface area contributed by atoms with E-state index in [9.17, 15) is 9.90 Å². The smallest absolute Gasteiger partial charge is 0.320 e. The van der Waals surface area contributed by atoms with Crippen molar-refractivity contribution in [3.63, 3.8) is 0 Å². The zero-order chi connectivity index (χ0) is 14.0. The van der Waals surface area contributed by atoms with Gasteiger partial charge in [0, 0.05) is 22.2 Å². The van der Waals surface area contributed by atoms with Gasteiger partial charge in [-0.25, -0.2) is 0 Å². The molecule has 1 aromatic rings. The summed E-state index contributed by atoms with van der Waals surface area (Å²) in [7, 11) is 0. The van der Waals surface area contributed by atoms with Gasteiger partial charge in [-0.3, -0.25) is 9.69 Å². The quantitative estimate of drug-likeness (QED) is 0.897. The number of benzene rings is 1. The lowest BCUT2D eigenvalue weighted by molar-refractivity contribution is -0.142. The number of carboxylic acids is 1. The molecular formula is C13H15Cl2NO3. The van der Waals surface area contributed by atoms with E-state index in [-0.39, 0.29) is 6.54 Å². The van der Waals surface area contributed by atoms with Crippen molar-refractivity contribution >= 4 is 29.2 Å². The maximum absolute atomic E-state index is 11.1. The molecule has 2 atom stereocenters. The van der Waals surface area contributed by atoms with Crippen LogP contribution in [0.4, 0.5) is 0 Å². The molecule has 0 bridgehead atoms. The Balaban J connectivity index is 2.08. The summed E-state index contributed by atoms with van der Waals surface area (Å²) in [6, 6.07) is 4.38. The first-order valence-corrected chi connectivity index (χ1v) is 6.84. The minimum Gasteiger partial charge on any atom is -0.480 e. The summed E-state index contributed by atoms with van der Waals surface area (Å²) < 4.78 is 0. The number of nitrogens with zero attached hydrogens (tertiary/aromatic N) is 1. The second-order valence-electron chi connectivity index (χ2n) is 4.67. The molecule has 1 aliphatic rings. The van der Waals surface area contributed by atoms with Crippen LogP contribution in [0, 0.1) is 0 Å². The van der Waals surface area contributed by atoms with Crippen LogP contribution in [0.25, 0.3) is 0 Å². The van der Waals surface area contributed by atoms with E-state index in [1.807, 2.05) is 0 Å². The van der Waals surface area contributed by atoms with Gasteiger partial charge < -0.3 is 10.2 Å². The third-order valence-corrected chi connectivity index (χ3v) is 3.94. The molecule has 0 radical (unpaired) electrons. The van der Waals surface area contributed by atoms with Crippen LogP contribution < -0.4 is 0 Å². The van der Waals surface area contributed by atoms with Crippen LogP contribution in [-0.4, -0.2) is 40.2 Å². The van der Waals surface area contributed by atoms with Crippen molar-refractivity contribution < 1.29 is 15.0 Å². The summed E-state index contributed by atoms with van der Waals surface area (Å²) in [4.78, 5) is 12.9. The van der Waals surface area contributed by atoms with E-state index in [0.29, 0.717) is 28.6 Å². The SMILES string of the molecule is O=C(O)C1CCCN1CC(O)c1ccc(Cl)cc1Cl. The third kappa shape index (κ3) is 3.39. The monoisotopic (exact) mass is 303 g/mol. The fourth-order valence-corrected chi connectivity index (χ4v) is 2.95. The normalized spacial score (nSPS) is 21.5. The van der Waals surface area contributed by atoms with Gasteiger partial charge in [-0.05, 0) is 31.5 Å². The number of β-amino-alcohol motifs (C(OH)–C–C–N with tert-alkyl or cyclic N) is 1. The number of aliphatic hydroxyl groups is 1. The van der Waals surface area contributed by atoms with E-state index in [1.54, 1.807) is 23.1 Å². The highest BCUT2D eigenvalue weighted by molar-refractivity contribution is 6.35. The molecule has 1 aliphatic heterocycles. The minimum atomic E-state index is -0.841. The average Bonchev–Trinajstić information content (AvgIpc) is 2.76. The Kier molecular flexibility index (Phi) is 4.68. The summed E-state index contributed by atoms with van der Waals surface area (Å²) in [5.41, 5.74) is 0.571. The van der Waals surface area contributed by atoms with Crippen molar-refractivity contribution in [2.75, 3.05) is 13.1 Å². The number of halogens is 2. The molecule has 104 valence electrons. The Morgan fingerprint density at radius 3 is 2.84 bits per heavy atom. The van der Waals surface area contributed by atoms with Crippen molar-refractivity contribution in [1.82, 2.24) is 4.90 Å². The Bertz CT molecular complexity index is 481. The lowest BCUT2D eigenvalue weighted by atomic mass is 10.1. The predicted molar refractivity (Wildman–Crippen MR) is 73.7 cm³/mol. The average molecular weight is 304 g/mol. The van der Waals surface area contributed by atoms with Gasteiger partial charge >= 0.3 is 5.97 Å². The first kappa shape index (κ1) is 14.6. The molecule has 2 N–H and O–H groups in total. The van der Waals surface area contributed by atoms with Gasteiger partial charge in [0.15, 0.2) is 0 Å². The molecule has 1 fully saturated rings. The topological polar surface area (TPSA) is 60.8 Å². The molecule has 0 aromatic heterocycles. The van der Waals surface area contributed by atoms with Crippen molar-refractivity contribution in [3.05, 3.63) is 33.8 Å². The number of likely N-dealkylation sites (tertiary alicyclic amines) is 1. The predicted octanol–water partition coefficient (Wildman–Crippen LogP) is 2.58. The molecule has 0 amide bonds. The van der Waals surface area contributed by atoms with Gasteiger partial charge in [-0.1, -0.05) is 29.3 Å². The van der Waals surface area contributed by atoms with Crippen LogP contribution in [0.1, 0.15) is 24.5 Å². The summed E-state index contributed by atoms with van der Waals surface area (Å²) in [6.07, 6.45) is 0.638. The molecule has 0 aliphatic carbocycles. The highest BCUT2D eigenvalue weighted by Gasteiger charge is 2.32. The third-order valence-electron chi connectivity index (χ3n) is 3.38. The van der Waals surface area contributed by atoms with Gasteiger partial charge in [-0.15, -0.1) is 0 Å². The van der Waals surface area contributed by atoms with Crippen LogP contribution >= 0.6 is 23.2 Å². The van der Waals surface area contributed by atoms with Crippen LogP contribution in [0.2, 0.25) is 10.0 Å². The van der Waals surface area contributed by atoms with Gasteiger partial charge in [0.25, 0.3) is 0 Å². The molecule has 4 nitrogen and oxygen atoms in total. The minimum absolute atomic E-state index is 0.262. The zero-order valence-electron chi connectivity index (χ0n) is 10.2. The second-order valence-corrected chi connectivity index (χ2v) is 5.52. The molecule has 2 rings (SSSR count). The Morgan fingerprint density at radius 2 is 2.21 bits per heavy atom. The maximum atomic E-state index is 11.1. The van der Waals surface area contributed by atoms with Crippen LogP contribution in [-0.2, 0) is 4.79 Å². The molecule has 0 saturated carbocycles. The summed E-state index contributed by atoms with van der Waals surface area (Å²) in [5, 5.41) is 20.2. The van der Waals surface area contributed by atoms with E-state index in [0.717, 1.165) is 6.42 Å². The number of rotatable bonds is 4. The fraction of sp³-hybridized carbons (Fsp3) is 0.462. The Labute approximate surface area is 121 Å². The van der Waals surface area contributed by atoms with E-state index >= 15 is 0 Å². The van der Waals surface area contributed by atoms with Gasteiger partial charge in [0.05, 0.1) is 6.10 Å². The first-order chi connectivity index (χ1) is 8.99. The van der Waals surface area contributed by atoms with Crippen LogP contribution in [0.5, 0.6) is 0 Å². The summed E-state index contributed by atoms with van der Waals surface area (Å²) in [6.45, 7) is 0.942. The molecular weight excluding hydrogens is 289 g/mol. The molecule has 1 heterocycles. The van der Waals surface area contributed by atoms with Gasteiger partial charge in [-0.2, -0.15) is 0 Å². The zero-order valence-corrected chi connectivity index (χ0v) is 11.7. The lowest BCUT2D eigenvalue weighted by Gasteiger charge is -2.24. The lowest BCUT2D eigenvalue weighted by Crippen LogP contribution is -2.38. The fourth-order valence-electron chi connectivity index (χ4n) is 2.42. The molecule has 6 heteroatoms. The summed E-state index contributed by atoms with van der Waals surface area (Å²) >= 11 is 11.8. The van der Waals surface area contributed by atoms with E-state index in [4.69, 9.17) is 28.3 Å². The number of hydrogen-bond acceptors (Lipinski definition) is 3. The van der Waals surface area contributed by atoms with Crippen molar-refractivity contribution in [2.24, 2.45) is 0 Å². The van der Waals surface area contributed by atoms with E-state index in [1.165, 1.54) is 0 Å². The number of aliphatic hydroxyl groups excluding tert-OH is 1. The Hall–Kier alpha value is -0.810. The second kappa shape index (κ2) is 6.09. The highest BCUT2D eigenvalue weighted by Crippen LogP contribution is 2.28. The largest absolute Gasteiger partial charge is 0.480 e. The standard InChI is InChI=1S/C13H15Cl2NO3/c14-8-3-4-9(10(15)6-8)12(17)7-16-5-1-2-11(16)13(18)19/h3-4,6,11-12,17H,1-2,5,7H2,(H,18,19). The Morgan fingerprint density at radius 1 is 1.47 bits per heavy atom. The number of hydrogen-bond donors (Lipinski definition) is 2. The van der Waals surface area contributed by atoms with Crippen molar-refractivity contribution in [1.29, 1.82) is 0 Å². The molecule has 0 spiro atoms.